The van der Waals surface area contributed by atoms with Crippen molar-refractivity contribution in [3.05, 3.63) is 42.0 Å². The van der Waals surface area contributed by atoms with E-state index in [1.165, 1.54) is 35.7 Å². The van der Waals surface area contributed by atoms with Gasteiger partial charge in [-0.2, -0.15) is 0 Å². The maximum absolute atomic E-state index is 3.60. The van der Waals surface area contributed by atoms with E-state index in [9.17, 15) is 0 Å². The maximum atomic E-state index is 3.60. The molecule has 0 aliphatic heterocycles. The number of hydrogen-bond acceptors (Lipinski definition) is 0. The van der Waals surface area contributed by atoms with Crippen LogP contribution in [0.4, 0.5) is 0 Å². The van der Waals surface area contributed by atoms with Crippen molar-refractivity contribution in [2.75, 3.05) is 0 Å². The molecule has 14 heavy (non-hydrogen) atoms. The van der Waals surface area contributed by atoms with E-state index < -0.39 is 0 Å². The van der Waals surface area contributed by atoms with Crippen molar-refractivity contribution in [1.29, 1.82) is 0 Å². The van der Waals surface area contributed by atoms with Crippen LogP contribution < -0.4 is 0 Å². The van der Waals surface area contributed by atoms with Crippen molar-refractivity contribution in [3.8, 4) is 0 Å². The predicted octanol–water partition coefficient (Wildman–Crippen LogP) is 5.00. The minimum absolute atomic E-state index is 1.17. The molecule has 0 N–H and O–H groups in total. The molecule has 1 aromatic carbocycles. The van der Waals surface area contributed by atoms with Gasteiger partial charge in [0.1, 0.15) is 0 Å². The topological polar surface area (TPSA) is 0 Å². The zero-order valence-electron chi connectivity index (χ0n) is 8.67. The molecule has 0 aliphatic carbocycles. The summed E-state index contributed by atoms with van der Waals surface area (Å²) in [5.74, 6) is 0. The Kier molecular flexibility index (Phi) is 5.62. The highest BCUT2D eigenvalue weighted by Crippen LogP contribution is 2.21. The van der Waals surface area contributed by atoms with Gasteiger partial charge in [-0.05, 0) is 18.4 Å². The molecule has 0 saturated heterocycles. The Hall–Kier alpha value is -0.560. The van der Waals surface area contributed by atoms with Gasteiger partial charge in [-0.3, -0.25) is 0 Å². The number of unbranched alkanes of at least 4 members (excludes halogenated alkanes) is 3. The number of benzene rings is 1. The van der Waals surface area contributed by atoms with Gasteiger partial charge in [0.25, 0.3) is 0 Å². The third kappa shape index (κ3) is 4.10. The molecule has 1 aromatic rings. The van der Waals surface area contributed by atoms with E-state index in [0.717, 1.165) is 0 Å². The van der Waals surface area contributed by atoms with Crippen LogP contribution in [0.1, 0.15) is 38.2 Å². The van der Waals surface area contributed by atoms with Crippen LogP contribution in [-0.2, 0) is 0 Å². The molecule has 0 amide bonds. The fraction of sp³-hybridized carbons (Fsp3) is 0.385. The summed E-state index contributed by atoms with van der Waals surface area (Å²) >= 11 is 3.60. The largest absolute Gasteiger partial charge is 0.0697 e. The fourth-order valence-electron chi connectivity index (χ4n) is 1.34. The third-order valence-electron chi connectivity index (χ3n) is 2.18. The van der Waals surface area contributed by atoms with Crippen molar-refractivity contribution < 1.29 is 0 Å². The Morgan fingerprint density at radius 1 is 1.21 bits per heavy atom. The molecule has 1 rings (SSSR count). The number of allylic oxidation sites excluding steroid dienone is 1. The molecule has 0 heterocycles. The Morgan fingerprint density at radius 3 is 2.57 bits per heavy atom. The van der Waals surface area contributed by atoms with Crippen molar-refractivity contribution in [1.82, 2.24) is 0 Å². The molecule has 76 valence electrons. The van der Waals surface area contributed by atoms with Gasteiger partial charge in [0, 0.05) is 4.48 Å². The first kappa shape index (κ1) is 11.5. The second-order valence-corrected chi connectivity index (χ2v) is 4.27. The highest BCUT2D eigenvalue weighted by atomic mass is 79.9. The smallest absolute Gasteiger partial charge is 0.0207 e. The Labute approximate surface area is 95.2 Å². The molecule has 0 radical (unpaired) electrons. The number of halogens is 1. The lowest BCUT2D eigenvalue weighted by Gasteiger charge is -1.99. The summed E-state index contributed by atoms with van der Waals surface area (Å²) in [5, 5.41) is 0. The first-order valence-electron chi connectivity index (χ1n) is 5.25. The third-order valence-corrected chi connectivity index (χ3v) is 2.96. The lowest BCUT2D eigenvalue weighted by Crippen LogP contribution is -1.76. The van der Waals surface area contributed by atoms with Gasteiger partial charge in [0.2, 0.25) is 0 Å². The zero-order chi connectivity index (χ0) is 10.2. The molecule has 0 spiro atoms. The Bertz CT molecular complexity index is 275. The summed E-state index contributed by atoms with van der Waals surface area (Å²) in [5.41, 5.74) is 1.27. The molecule has 0 bridgehead atoms. The second-order valence-electron chi connectivity index (χ2n) is 3.41. The van der Waals surface area contributed by atoms with Gasteiger partial charge in [0.05, 0.1) is 0 Å². The summed E-state index contributed by atoms with van der Waals surface area (Å²) in [7, 11) is 0. The Balaban J connectivity index is 2.44. The van der Waals surface area contributed by atoms with Crippen LogP contribution >= 0.6 is 15.9 Å². The lowest BCUT2D eigenvalue weighted by molar-refractivity contribution is 0.730. The van der Waals surface area contributed by atoms with Crippen molar-refractivity contribution in [2.45, 2.75) is 32.6 Å². The van der Waals surface area contributed by atoms with E-state index in [-0.39, 0.29) is 0 Å². The molecule has 0 unspecified atom stereocenters. The van der Waals surface area contributed by atoms with Gasteiger partial charge in [-0.1, -0.05) is 72.1 Å². The summed E-state index contributed by atoms with van der Waals surface area (Å²) in [6.45, 7) is 2.23. The molecule has 0 nitrogen and oxygen atoms in total. The highest BCUT2D eigenvalue weighted by Gasteiger charge is 1.94. The van der Waals surface area contributed by atoms with Crippen molar-refractivity contribution >= 4 is 20.4 Å². The van der Waals surface area contributed by atoms with Crippen LogP contribution in [0.25, 0.3) is 4.48 Å². The molecule has 1 heteroatoms. The Morgan fingerprint density at radius 2 is 1.93 bits per heavy atom. The average molecular weight is 253 g/mol. The lowest BCUT2D eigenvalue weighted by atomic mass is 10.1. The van der Waals surface area contributed by atoms with Crippen LogP contribution in [0, 0.1) is 0 Å². The van der Waals surface area contributed by atoms with Crippen LogP contribution in [-0.4, -0.2) is 0 Å². The fourth-order valence-corrected chi connectivity index (χ4v) is 1.83. The summed E-state index contributed by atoms with van der Waals surface area (Å²) in [6, 6.07) is 10.4. The monoisotopic (exact) mass is 252 g/mol. The molecule has 0 fully saturated rings. The predicted molar refractivity (Wildman–Crippen MR) is 67.5 cm³/mol. The SMILES string of the molecule is CCCCC/C=C(\Br)c1ccccc1. The maximum Gasteiger partial charge on any atom is 0.0207 e. The minimum atomic E-state index is 1.17. The zero-order valence-corrected chi connectivity index (χ0v) is 10.3. The van der Waals surface area contributed by atoms with Gasteiger partial charge in [-0.15, -0.1) is 0 Å². The molecule has 0 aliphatic rings. The van der Waals surface area contributed by atoms with Crippen LogP contribution in [0.3, 0.4) is 0 Å². The number of rotatable bonds is 5. The van der Waals surface area contributed by atoms with Crippen LogP contribution in [0.15, 0.2) is 36.4 Å². The first-order chi connectivity index (χ1) is 6.84. The van der Waals surface area contributed by atoms with Gasteiger partial charge < -0.3 is 0 Å². The average Bonchev–Trinajstić information content (AvgIpc) is 2.25. The molecule has 0 saturated carbocycles. The van der Waals surface area contributed by atoms with Gasteiger partial charge >= 0.3 is 0 Å². The van der Waals surface area contributed by atoms with E-state index in [1.54, 1.807) is 0 Å². The second kappa shape index (κ2) is 6.83. The van der Waals surface area contributed by atoms with Gasteiger partial charge in [-0.25, -0.2) is 0 Å². The van der Waals surface area contributed by atoms with E-state index in [1.807, 2.05) is 6.07 Å². The molecule has 0 aromatic heterocycles. The van der Waals surface area contributed by atoms with E-state index in [0.29, 0.717) is 0 Å². The normalized spacial score (nSPS) is 11.7. The quantitative estimate of drug-likeness (QED) is 0.647. The van der Waals surface area contributed by atoms with Crippen LogP contribution in [0.2, 0.25) is 0 Å². The summed E-state index contributed by atoms with van der Waals surface area (Å²) < 4.78 is 1.22. The summed E-state index contributed by atoms with van der Waals surface area (Å²) in [4.78, 5) is 0. The molecular weight excluding hydrogens is 236 g/mol. The van der Waals surface area contributed by atoms with Crippen LogP contribution in [0.5, 0.6) is 0 Å². The first-order valence-corrected chi connectivity index (χ1v) is 6.05. The highest BCUT2D eigenvalue weighted by molar-refractivity contribution is 9.15. The standard InChI is InChI=1S/C13H17Br/c1-2-3-4-8-11-13(14)12-9-6-5-7-10-12/h5-7,9-11H,2-4,8H2,1H3/b13-11-. The molecular formula is C13H17Br. The number of hydrogen-bond donors (Lipinski definition) is 0. The van der Waals surface area contributed by atoms with E-state index >= 15 is 0 Å². The van der Waals surface area contributed by atoms with Crippen molar-refractivity contribution in [2.24, 2.45) is 0 Å². The van der Waals surface area contributed by atoms with E-state index in [2.05, 4.69) is 53.2 Å². The van der Waals surface area contributed by atoms with Crippen molar-refractivity contribution in [3.63, 3.8) is 0 Å². The van der Waals surface area contributed by atoms with E-state index in [4.69, 9.17) is 0 Å². The minimum Gasteiger partial charge on any atom is -0.0697 e. The van der Waals surface area contributed by atoms with Gasteiger partial charge in [0.15, 0.2) is 0 Å². The molecule has 0 atom stereocenters. The summed E-state index contributed by atoms with van der Waals surface area (Å²) in [6.07, 6.45) is 7.34.